The molecule has 1 heterocycles. The number of rotatable bonds is 2. The van der Waals surface area contributed by atoms with Crippen LogP contribution in [0, 0.1) is 13.8 Å². The molecule has 0 aliphatic rings. The Morgan fingerprint density at radius 2 is 1.75 bits per heavy atom. The lowest BCUT2D eigenvalue weighted by Gasteiger charge is -2.20. The topological polar surface area (TPSA) is 48.1 Å². The number of nitrogens with two attached hydrogens (primary N) is 1. The van der Waals surface area contributed by atoms with Crippen molar-refractivity contribution in [2.24, 2.45) is 0 Å². The van der Waals surface area contributed by atoms with E-state index in [0.717, 1.165) is 17.0 Å². The molecule has 1 aromatic carbocycles. The predicted octanol–water partition coefficient (Wildman–Crippen LogP) is 4.37. The van der Waals surface area contributed by atoms with Crippen LogP contribution in [-0.2, 0) is 5.41 Å². The summed E-state index contributed by atoms with van der Waals surface area (Å²) in [5, 5.41) is 0. The van der Waals surface area contributed by atoms with Crippen LogP contribution in [0.2, 0.25) is 0 Å². The lowest BCUT2D eigenvalue weighted by Crippen LogP contribution is -2.11. The van der Waals surface area contributed by atoms with Gasteiger partial charge < -0.3 is 10.5 Å². The van der Waals surface area contributed by atoms with E-state index in [0.29, 0.717) is 11.6 Å². The van der Waals surface area contributed by atoms with Crippen LogP contribution >= 0.6 is 0 Å². The van der Waals surface area contributed by atoms with Gasteiger partial charge in [0.1, 0.15) is 5.75 Å². The van der Waals surface area contributed by atoms with Crippen LogP contribution < -0.4 is 10.5 Å². The Kier molecular flexibility index (Phi) is 3.71. The van der Waals surface area contributed by atoms with E-state index in [9.17, 15) is 0 Å². The number of nitrogen functional groups attached to an aromatic ring is 1. The molecule has 2 aromatic rings. The fourth-order valence-electron chi connectivity index (χ4n) is 1.96. The molecule has 0 spiro atoms. The van der Waals surface area contributed by atoms with Crippen molar-refractivity contribution < 1.29 is 4.74 Å². The van der Waals surface area contributed by atoms with Crippen LogP contribution in [0.15, 0.2) is 30.3 Å². The number of aryl methyl sites for hydroxylation is 2. The number of hydrogen-bond acceptors (Lipinski definition) is 3. The van der Waals surface area contributed by atoms with Crippen LogP contribution in [0.4, 0.5) is 5.69 Å². The smallest absolute Gasteiger partial charge is 0.242 e. The first-order chi connectivity index (χ1) is 9.27. The molecular formula is C17H22N2O. The van der Waals surface area contributed by atoms with Gasteiger partial charge in [0.15, 0.2) is 0 Å². The molecule has 0 amide bonds. The molecule has 3 heteroatoms. The molecule has 2 N–H and O–H groups in total. The van der Waals surface area contributed by atoms with E-state index >= 15 is 0 Å². The minimum absolute atomic E-state index is 0.129. The second-order valence-corrected chi connectivity index (χ2v) is 6.18. The first kappa shape index (κ1) is 14.4. The molecule has 20 heavy (non-hydrogen) atoms. The molecule has 0 aliphatic carbocycles. The fourth-order valence-corrected chi connectivity index (χ4v) is 1.96. The Labute approximate surface area is 120 Å². The van der Waals surface area contributed by atoms with Crippen LogP contribution in [0.25, 0.3) is 0 Å². The molecule has 0 bridgehead atoms. The summed E-state index contributed by atoms with van der Waals surface area (Å²) in [6.07, 6.45) is 0. The maximum Gasteiger partial charge on any atom is 0.242 e. The fraction of sp³-hybridized carbons (Fsp3) is 0.353. The lowest BCUT2D eigenvalue weighted by atomic mass is 9.86. The van der Waals surface area contributed by atoms with E-state index in [-0.39, 0.29) is 5.41 Å². The van der Waals surface area contributed by atoms with Gasteiger partial charge in [0.25, 0.3) is 0 Å². The molecule has 2 rings (SSSR count). The molecule has 0 saturated heterocycles. The standard InChI is InChI=1S/C17H22N2O/c1-11-10-13(17(3,4)5)7-9-15(11)20-16-14(18)8-6-12(2)19-16/h6-10H,18H2,1-5H3. The third-order valence-electron chi connectivity index (χ3n) is 3.28. The first-order valence-corrected chi connectivity index (χ1v) is 6.79. The quantitative estimate of drug-likeness (QED) is 0.881. The van der Waals surface area contributed by atoms with E-state index in [1.54, 1.807) is 0 Å². The number of benzene rings is 1. The number of hydrogen-bond donors (Lipinski definition) is 1. The molecule has 0 fully saturated rings. The van der Waals surface area contributed by atoms with Gasteiger partial charge in [-0.2, -0.15) is 0 Å². The van der Waals surface area contributed by atoms with Crippen LogP contribution in [0.5, 0.6) is 11.6 Å². The van der Waals surface area contributed by atoms with Gasteiger partial charge in [-0.15, -0.1) is 0 Å². The molecule has 1 aromatic heterocycles. The second kappa shape index (κ2) is 5.16. The van der Waals surface area contributed by atoms with Gasteiger partial charge in [-0.25, -0.2) is 4.98 Å². The van der Waals surface area contributed by atoms with E-state index in [1.165, 1.54) is 5.56 Å². The Hall–Kier alpha value is -2.03. The Balaban J connectivity index is 2.33. The highest BCUT2D eigenvalue weighted by Gasteiger charge is 2.15. The first-order valence-electron chi connectivity index (χ1n) is 6.79. The zero-order valence-corrected chi connectivity index (χ0v) is 12.8. The predicted molar refractivity (Wildman–Crippen MR) is 83.3 cm³/mol. The summed E-state index contributed by atoms with van der Waals surface area (Å²) < 4.78 is 5.85. The normalized spacial score (nSPS) is 11.4. The highest BCUT2D eigenvalue weighted by Crippen LogP contribution is 2.31. The third kappa shape index (κ3) is 3.10. The van der Waals surface area contributed by atoms with Crippen molar-refractivity contribution in [3.8, 4) is 11.6 Å². The van der Waals surface area contributed by atoms with Gasteiger partial charge >= 0.3 is 0 Å². The summed E-state index contributed by atoms with van der Waals surface area (Å²) in [4.78, 5) is 4.33. The van der Waals surface area contributed by atoms with Gasteiger partial charge in [0, 0.05) is 5.69 Å². The molecule has 0 unspecified atom stereocenters. The van der Waals surface area contributed by atoms with E-state index < -0.39 is 0 Å². The maximum atomic E-state index is 5.90. The van der Waals surface area contributed by atoms with Gasteiger partial charge in [-0.1, -0.05) is 32.9 Å². The number of ether oxygens (including phenoxy) is 1. The third-order valence-corrected chi connectivity index (χ3v) is 3.28. The van der Waals surface area contributed by atoms with Gasteiger partial charge in [-0.05, 0) is 48.6 Å². The van der Waals surface area contributed by atoms with E-state index in [1.807, 2.05) is 32.0 Å². The van der Waals surface area contributed by atoms with Crippen LogP contribution in [0.3, 0.4) is 0 Å². The van der Waals surface area contributed by atoms with Gasteiger partial charge in [0.05, 0.1) is 5.69 Å². The summed E-state index contributed by atoms with van der Waals surface area (Å²) in [5.41, 5.74) is 9.83. The highest BCUT2D eigenvalue weighted by molar-refractivity contribution is 5.51. The number of aromatic nitrogens is 1. The van der Waals surface area contributed by atoms with Crippen molar-refractivity contribution in [1.82, 2.24) is 4.98 Å². The second-order valence-electron chi connectivity index (χ2n) is 6.18. The number of anilines is 1. The molecule has 0 aliphatic heterocycles. The zero-order chi connectivity index (χ0) is 14.9. The van der Waals surface area contributed by atoms with Crippen molar-refractivity contribution in [3.05, 3.63) is 47.2 Å². The van der Waals surface area contributed by atoms with E-state index in [4.69, 9.17) is 10.5 Å². The van der Waals surface area contributed by atoms with Gasteiger partial charge in [0.2, 0.25) is 5.88 Å². The minimum Gasteiger partial charge on any atom is -0.437 e. The van der Waals surface area contributed by atoms with Crippen molar-refractivity contribution >= 4 is 5.69 Å². The molecular weight excluding hydrogens is 248 g/mol. The molecule has 0 saturated carbocycles. The Bertz CT molecular complexity index is 627. The monoisotopic (exact) mass is 270 g/mol. The maximum absolute atomic E-state index is 5.90. The summed E-state index contributed by atoms with van der Waals surface area (Å²) in [6, 6.07) is 9.92. The largest absolute Gasteiger partial charge is 0.437 e. The molecule has 106 valence electrons. The average molecular weight is 270 g/mol. The minimum atomic E-state index is 0.129. The summed E-state index contributed by atoms with van der Waals surface area (Å²) in [6.45, 7) is 10.5. The number of nitrogens with zero attached hydrogens (tertiary/aromatic N) is 1. The zero-order valence-electron chi connectivity index (χ0n) is 12.8. The number of pyridine rings is 1. The highest BCUT2D eigenvalue weighted by atomic mass is 16.5. The molecule has 0 radical (unpaired) electrons. The summed E-state index contributed by atoms with van der Waals surface area (Å²) >= 11 is 0. The van der Waals surface area contributed by atoms with Crippen molar-refractivity contribution in [2.75, 3.05) is 5.73 Å². The van der Waals surface area contributed by atoms with Gasteiger partial charge in [-0.3, -0.25) is 0 Å². The van der Waals surface area contributed by atoms with Crippen LogP contribution in [-0.4, -0.2) is 4.98 Å². The Morgan fingerprint density at radius 1 is 1.05 bits per heavy atom. The lowest BCUT2D eigenvalue weighted by molar-refractivity contribution is 0.460. The van der Waals surface area contributed by atoms with Crippen molar-refractivity contribution in [2.45, 2.75) is 40.0 Å². The van der Waals surface area contributed by atoms with Crippen molar-refractivity contribution in [3.63, 3.8) is 0 Å². The van der Waals surface area contributed by atoms with E-state index in [2.05, 4.69) is 37.9 Å². The SMILES string of the molecule is Cc1ccc(N)c(Oc2ccc(C(C)(C)C)cc2C)n1. The van der Waals surface area contributed by atoms with Crippen LogP contribution in [0.1, 0.15) is 37.6 Å². The molecule has 0 atom stereocenters. The van der Waals surface area contributed by atoms with Crippen molar-refractivity contribution in [1.29, 1.82) is 0 Å². The Morgan fingerprint density at radius 3 is 2.35 bits per heavy atom. The average Bonchev–Trinajstić information content (AvgIpc) is 2.35. The summed E-state index contributed by atoms with van der Waals surface area (Å²) in [5.74, 6) is 1.26. The molecule has 3 nitrogen and oxygen atoms in total. The summed E-state index contributed by atoms with van der Waals surface area (Å²) in [7, 11) is 0.